The summed E-state index contributed by atoms with van der Waals surface area (Å²) in [6.07, 6.45) is 7.76. The van der Waals surface area contributed by atoms with Gasteiger partial charge in [0, 0.05) is 30.5 Å². The van der Waals surface area contributed by atoms with Crippen LogP contribution in [0.4, 0.5) is 5.69 Å². The highest BCUT2D eigenvalue weighted by atomic mass is 15.4. The molecule has 0 aromatic carbocycles. The van der Waals surface area contributed by atoms with Gasteiger partial charge < -0.3 is 4.90 Å². The molecule has 0 amide bonds. The Bertz CT molecular complexity index is 700. The van der Waals surface area contributed by atoms with Crippen molar-refractivity contribution in [3.8, 4) is 0 Å². The molecule has 0 radical (unpaired) electrons. The molecule has 3 aromatic rings. The van der Waals surface area contributed by atoms with E-state index in [1.807, 2.05) is 47.7 Å². The van der Waals surface area contributed by atoms with Gasteiger partial charge in [-0.2, -0.15) is 10.2 Å². The van der Waals surface area contributed by atoms with Crippen LogP contribution in [-0.4, -0.2) is 24.5 Å². The quantitative estimate of drug-likeness (QED) is 0.727. The van der Waals surface area contributed by atoms with Gasteiger partial charge >= 0.3 is 0 Å². The van der Waals surface area contributed by atoms with Crippen LogP contribution in [-0.2, 0) is 13.3 Å². The van der Waals surface area contributed by atoms with Crippen LogP contribution in [0.2, 0.25) is 0 Å². The minimum atomic E-state index is 0.663. The molecule has 0 bridgehead atoms. The molecular weight excluding hydrogens is 288 g/mol. The Morgan fingerprint density at radius 2 is 1.30 bits per heavy atom. The van der Waals surface area contributed by atoms with Crippen LogP contribution in [0.1, 0.15) is 22.5 Å². The first kappa shape index (κ1) is 15.3. The fourth-order valence-electron chi connectivity index (χ4n) is 2.49. The predicted octanol–water partition coefficient (Wildman–Crippen LogP) is 2.83. The standard InChI is InChI=1S/C17H22N6/c1-13-9-22(19-15(13)3)11-21(17-5-7-18-8-6-17)12-23-10-14(2)16(4)20-23/h5-10H,11-12H2,1-4H3. The van der Waals surface area contributed by atoms with Gasteiger partial charge in [-0.1, -0.05) is 0 Å². The average Bonchev–Trinajstić information content (AvgIpc) is 3.01. The van der Waals surface area contributed by atoms with Gasteiger partial charge in [0.05, 0.1) is 11.4 Å². The van der Waals surface area contributed by atoms with Crippen LogP contribution in [0.25, 0.3) is 0 Å². The second-order valence-corrected chi connectivity index (χ2v) is 5.90. The number of anilines is 1. The van der Waals surface area contributed by atoms with Crippen molar-refractivity contribution in [2.24, 2.45) is 0 Å². The van der Waals surface area contributed by atoms with E-state index in [9.17, 15) is 0 Å². The molecule has 6 heteroatoms. The molecule has 23 heavy (non-hydrogen) atoms. The SMILES string of the molecule is Cc1cn(CN(Cn2cc(C)c(C)n2)c2ccncc2)nc1C. The van der Waals surface area contributed by atoms with Crippen LogP contribution in [0.15, 0.2) is 36.9 Å². The van der Waals surface area contributed by atoms with Crippen LogP contribution < -0.4 is 4.90 Å². The molecular formula is C17H22N6. The third kappa shape index (κ3) is 3.41. The van der Waals surface area contributed by atoms with Gasteiger partial charge in [0.15, 0.2) is 0 Å². The van der Waals surface area contributed by atoms with Gasteiger partial charge in [-0.05, 0) is 51.0 Å². The molecule has 0 spiro atoms. The Morgan fingerprint density at radius 1 is 0.826 bits per heavy atom. The highest BCUT2D eigenvalue weighted by Gasteiger charge is 2.11. The van der Waals surface area contributed by atoms with Gasteiger partial charge in [-0.15, -0.1) is 0 Å². The molecule has 0 aliphatic rings. The van der Waals surface area contributed by atoms with Crippen LogP contribution >= 0.6 is 0 Å². The lowest BCUT2D eigenvalue weighted by molar-refractivity contribution is 0.496. The van der Waals surface area contributed by atoms with E-state index in [0.29, 0.717) is 13.3 Å². The van der Waals surface area contributed by atoms with E-state index < -0.39 is 0 Å². The number of nitrogens with zero attached hydrogens (tertiary/aromatic N) is 6. The van der Waals surface area contributed by atoms with Gasteiger partial charge in [0.25, 0.3) is 0 Å². The van der Waals surface area contributed by atoms with Crippen molar-refractivity contribution in [3.63, 3.8) is 0 Å². The van der Waals surface area contributed by atoms with Crippen molar-refractivity contribution in [2.45, 2.75) is 41.0 Å². The topological polar surface area (TPSA) is 51.8 Å². The molecule has 0 aliphatic heterocycles. The number of hydrogen-bond donors (Lipinski definition) is 0. The molecule has 0 atom stereocenters. The largest absolute Gasteiger partial charge is 0.332 e. The maximum Gasteiger partial charge on any atom is 0.113 e. The van der Waals surface area contributed by atoms with Crippen LogP contribution in [0.5, 0.6) is 0 Å². The molecule has 0 fully saturated rings. The molecule has 3 rings (SSSR count). The van der Waals surface area contributed by atoms with Crippen molar-refractivity contribution in [2.75, 3.05) is 4.90 Å². The zero-order valence-electron chi connectivity index (χ0n) is 14.1. The maximum absolute atomic E-state index is 4.57. The Labute approximate surface area is 136 Å². The summed E-state index contributed by atoms with van der Waals surface area (Å²) in [5, 5.41) is 9.14. The monoisotopic (exact) mass is 310 g/mol. The van der Waals surface area contributed by atoms with Gasteiger partial charge in [0.1, 0.15) is 13.3 Å². The summed E-state index contributed by atoms with van der Waals surface area (Å²) >= 11 is 0. The Hall–Kier alpha value is -2.63. The van der Waals surface area contributed by atoms with E-state index in [1.54, 1.807) is 0 Å². The third-order valence-electron chi connectivity index (χ3n) is 4.04. The normalized spacial score (nSPS) is 11.0. The van der Waals surface area contributed by atoms with Crippen molar-refractivity contribution in [1.29, 1.82) is 0 Å². The lowest BCUT2D eigenvalue weighted by Crippen LogP contribution is -2.29. The summed E-state index contributed by atoms with van der Waals surface area (Å²) in [5.74, 6) is 0. The van der Waals surface area contributed by atoms with Gasteiger partial charge in [-0.3, -0.25) is 14.3 Å². The molecule has 3 aromatic heterocycles. The summed E-state index contributed by atoms with van der Waals surface area (Å²) in [6.45, 7) is 9.55. The van der Waals surface area contributed by atoms with Gasteiger partial charge in [0.2, 0.25) is 0 Å². The summed E-state index contributed by atoms with van der Waals surface area (Å²) in [5.41, 5.74) is 5.61. The van der Waals surface area contributed by atoms with E-state index in [4.69, 9.17) is 0 Å². The Balaban J connectivity index is 1.87. The fraction of sp³-hybridized carbons (Fsp3) is 0.353. The lowest BCUT2D eigenvalue weighted by atomic mass is 10.3. The van der Waals surface area contributed by atoms with E-state index in [-0.39, 0.29) is 0 Å². The number of aryl methyl sites for hydroxylation is 4. The number of hydrogen-bond acceptors (Lipinski definition) is 4. The van der Waals surface area contributed by atoms with E-state index in [0.717, 1.165) is 17.1 Å². The molecule has 0 saturated heterocycles. The maximum atomic E-state index is 4.57. The fourth-order valence-corrected chi connectivity index (χ4v) is 2.49. The van der Waals surface area contributed by atoms with Crippen LogP contribution in [0, 0.1) is 27.7 Å². The second-order valence-electron chi connectivity index (χ2n) is 5.90. The summed E-state index contributed by atoms with van der Waals surface area (Å²) in [7, 11) is 0. The zero-order chi connectivity index (χ0) is 16.4. The van der Waals surface area contributed by atoms with Crippen molar-refractivity contribution < 1.29 is 0 Å². The second kappa shape index (κ2) is 6.24. The molecule has 0 saturated carbocycles. The highest BCUT2D eigenvalue weighted by molar-refractivity contribution is 5.43. The number of pyridine rings is 1. The number of rotatable bonds is 5. The smallest absolute Gasteiger partial charge is 0.113 e. The number of aromatic nitrogens is 5. The molecule has 3 heterocycles. The van der Waals surface area contributed by atoms with E-state index in [2.05, 4.69) is 46.3 Å². The molecule has 120 valence electrons. The molecule has 0 unspecified atom stereocenters. The molecule has 6 nitrogen and oxygen atoms in total. The average molecular weight is 310 g/mol. The zero-order valence-corrected chi connectivity index (χ0v) is 14.1. The predicted molar refractivity (Wildman–Crippen MR) is 90.1 cm³/mol. The highest BCUT2D eigenvalue weighted by Crippen LogP contribution is 2.16. The van der Waals surface area contributed by atoms with E-state index in [1.165, 1.54) is 11.1 Å². The van der Waals surface area contributed by atoms with Crippen LogP contribution in [0.3, 0.4) is 0 Å². The van der Waals surface area contributed by atoms with Crippen molar-refractivity contribution in [3.05, 3.63) is 59.4 Å². The van der Waals surface area contributed by atoms with E-state index >= 15 is 0 Å². The van der Waals surface area contributed by atoms with Crippen molar-refractivity contribution >= 4 is 5.69 Å². The Morgan fingerprint density at radius 3 is 1.70 bits per heavy atom. The minimum absolute atomic E-state index is 0.663. The first-order chi connectivity index (χ1) is 11.0. The summed E-state index contributed by atoms with van der Waals surface area (Å²) in [4.78, 5) is 6.33. The molecule has 0 aliphatic carbocycles. The summed E-state index contributed by atoms with van der Waals surface area (Å²) in [6, 6.07) is 4.01. The first-order valence-corrected chi connectivity index (χ1v) is 7.69. The minimum Gasteiger partial charge on any atom is -0.332 e. The lowest BCUT2D eigenvalue weighted by Gasteiger charge is -2.24. The Kier molecular flexibility index (Phi) is 4.14. The third-order valence-corrected chi connectivity index (χ3v) is 4.04. The summed E-state index contributed by atoms with van der Waals surface area (Å²) < 4.78 is 3.93. The van der Waals surface area contributed by atoms with Crippen molar-refractivity contribution in [1.82, 2.24) is 24.5 Å². The van der Waals surface area contributed by atoms with Gasteiger partial charge in [-0.25, -0.2) is 0 Å². The molecule has 0 N–H and O–H groups in total. The first-order valence-electron chi connectivity index (χ1n) is 7.69.